The molecule has 1 fully saturated rings. The molecule has 0 amide bonds. The summed E-state index contributed by atoms with van der Waals surface area (Å²) >= 11 is 0. The second kappa shape index (κ2) is 10.8. The molecule has 4 aromatic rings. The zero-order valence-corrected chi connectivity index (χ0v) is 21.5. The van der Waals surface area contributed by atoms with Crippen LogP contribution < -0.4 is 5.56 Å². The van der Waals surface area contributed by atoms with E-state index < -0.39 is 0 Å². The molecule has 0 aliphatic heterocycles. The van der Waals surface area contributed by atoms with Gasteiger partial charge in [-0.1, -0.05) is 44.7 Å². The molecule has 0 spiro atoms. The summed E-state index contributed by atoms with van der Waals surface area (Å²) in [6.45, 7) is 7.35. The Bertz CT molecular complexity index is 1350. The summed E-state index contributed by atoms with van der Waals surface area (Å²) in [7, 11) is 0. The molecule has 1 atom stereocenters. The molecule has 0 unspecified atom stereocenters. The highest BCUT2D eigenvalue weighted by molar-refractivity contribution is 5.83. The Morgan fingerprint density at radius 2 is 2.00 bits per heavy atom. The lowest BCUT2D eigenvalue weighted by atomic mass is 9.95. The standard InChI is InChI=1S/C28H36N6O2/c1-4-9-25(27-30-31-32-34(27)23-10-6-5-7-11-23)33(18-24-12-8-15-36-24)17-22-16-21-14-13-19(2)20(3)26(21)29-28(22)35/h8,12-16,23,25H,4-7,9-11,17-18H2,1-3H3,(H,29,35)/t25-/m1/s1. The molecule has 5 rings (SSSR count). The number of aromatic amines is 1. The van der Waals surface area contributed by atoms with Crippen LogP contribution in [0.2, 0.25) is 0 Å². The molecule has 1 aliphatic carbocycles. The zero-order valence-electron chi connectivity index (χ0n) is 21.5. The van der Waals surface area contributed by atoms with Gasteiger partial charge in [0, 0.05) is 12.1 Å². The molecule has 1 aliphatic rings. The maximum atomic E-state index is 13.3. The third-order valence-corrected chi connectivity index (χ3v) is 7.68. The van der Waals surface area contributed by atoms with E-state index in [0.717, 1.165) is 59.3 Å². The molecule has 0 saturated heterocycles. The number of nitrogens with zero attached hydrogens (tertiary/aromatic N) is 5. The van der Waals surface area contributed by atoms with Crippen molar-refractivity contribution in [3.05, 3.63) is 75.2 Å². The van der Waals surface area contributed by atoms with E-state index in [-0.39, 0.29) is 11.6 Å². The number of aromatic nitrogens is 5. The topological polar surface area (TPSA) is 92.8 Å². The Balaban J connectivity index is 1.53. The second-order valence-corrected chi connectivity index (χ2v) is 10.2. The molecule has 8 nitrogen and oxygen atoms in total. The Labute approximate surface area is 211 Å². The van der Waals surface area contributed by atoms with Crippen LogP contribution in [0.15, 0.2) is 45.8 Å². The maximum absolute atomic E-state index is 13.3. The molecule has 3 heterocycles. The van der Waals surface area contributed by atoms with Crippen LogP contribution in [0.1, 0.15) is 92.2 Å². The molecule has 0 radical (unpaired) electrons. The number of hydrogen-bond acceptors (Lipinski definition) is 6. The van der Waals surface area contributed by atoms with Crippen molar-refractivity contribution in [3.8, 4) is 0 Å². The SMILES string of the molecule is CCC[C@H](c1nnnn1C1CCCCC1)N(Cc1ccco1)Cc1cc2ccc(C)c(C)c2[nH]c1=O. The van der Waals surface area contributed by atoms with Gasteiger partial charge in [0.05, 0.1) is 30.4 Å². The molecule has 0 bridgehead atoms. The number of tetrazole rings is 1. The zero-order chi connectivity index (χ0) is 25.1. The molecular weight excluding hydrogens is 452 g/mol. The molecule has 1 N–H and O–H groups in total. The second-order valence-electron chi connectivity index (χ2n) is 10.2. The number of aryl methyl sites for hydroxylation is 2. The summed E-state index contributed by atoms with van der Waals surface area (Å²) in [5.41, 5.74) is 3.87. The van der Waals surface area contributed by atoms with Crippen molar-refractivity contribution in [3.63, 3.8) is 0 Å². The highest BCUT2D eigenvalue weighted by Crippen LogP contribution is 2.33. The number of fused-ring (bicyclic) bond motifs is 1. The number of H-pyrrole nitrogens is 1. The predicted molar refractivity (Wildman–Crippen MR) is 140 cm³/mol. The molecular formula is C28H36N6O2. The monoisotopic (exact) mass is 488 g/mol. The predicted octanol–water partition coefficient (Wildman–Crippen LogP) is 5.77. The van der Waals surface area contributed by atoms with E-state index in [1.165, 1.54) is 24.8 Å². The van der Waals surface area contributed by atoms with Gasteiger partial charge in [-0.05, 0) is 78.2 Å². The third kappa shape index (κ3) is 5.00. The van der Waals surface area contributed by atoms with Crippen molar-refractivity contribution < 1.29 is 4.42 Å². The summed E-state index contributed by atoms with van der Waals surface area (Å²) in [4.78, 5) is 18.7. The fraction of sp³-hybridized carbons (Fsp3) is 0.500. The van der Waals surface area contributed by atoms with Crippen molar-refractivity contribution in [2.45, 2.75) is 90.9 Å². The lowest BCUT2D eigenvalue weighted by molar-refractivity contribution is 0.139. The molecule has 8 heteroatoms. The minimum absolute atomic E-state index is 0.0353. The van der Waals surface area contributed by atoms with Gasteiger partial charge >= 0.3 is 0 Å². The molecule has 190 valence electrons. The molecule has 1 aromatic carbocycles. The first-order valence-electron chi connectivity index (χ1n) is 13.2. The van der Waals surface area contributed by atoms with Crippen LogP contribution in [0.4, 0.5) is 0 Å². The van der Waals surface area contributed by atoms with Gasteiger partial charge in [0.15, 0.2) is 5.82 Å². The van der Waals surface area contributed by atoms with Crippen molar-refractivity contribution in [1.82, 2.24) is 30.1 Å². The first kappa shape index (κ1) is 24.4. The summed E-state index contributed by atoms with van der Waals surface area (Å²) in [6.07, 6.45) is 9.48. The first-order chi connectivity index (χ1) is 17.5. The van der Waals surface area contributed by atoms with E-state index in [2.05, 4.69) is 63.0 Å². The van der Waals surface area contributed by atoms with Crippen LogP contribution in [-0.4, -0.2) is 30.1 Å². The van der Waals surface area contributed by atoms with Crippen molar-refractivity contribution in [2.75, 3.05) is 0 Å². The summed E-state index contributed by atoms with van der Waals surface area (Å²) in [5, 5.41) is 14.1. The Morgan fingerprint density at radius 1 is 1.17 bits per heavy atom. The summed E-state index contributed by atoms with van der Waals surface area (Å²) in [5.74, 6) is 1.75. The van der Waals surface area contributed by atoms with E-state index in [1.807, 2.05) is 18.2 Å². The lowest BCUT2D eigenvalue weighted by Crippen LogP contribution is -2.33. The highest BCUT2D eigenvalue weighted by atomic mass is 16.3. The van der Waals surface area contributed by atoms with Crippen LogP contribution in [0.3, 0.4) is 0 Å². The number of furan rings is 1. The van der Waals surface area contributed by atoms with Crippen LogP contribution >= 0.6 is 0 Å². The largest absolute Gasteiger partial charge is 0.468 e. The molecule has 3 aromatic heterocycles. The number of hydrogen-bond donors (Lipinski definition) is 1. The normalized spacial score (nSPS) is 15.7. The first-order valence-corrected chi connectivity index (χ1v) is 13.2. The minimum Gasteiger partial charge on any atom is -0.468 e. The van der Waals surface area contributed by atoms with Gasteiger partial charge in [0.25, 0.3) is 5.56 Å². The summed E-state index contributed by atoms with van der Waals surface area (Å²) in [6, 6.07) is 10.4. The Morgan fingerprint density at radius 3 is 2.75 bits per heavy atom. The van der Waals surface area contributed by atoms with Gasteiger partial charge in [-0.25, -0.2) is 4.68 Å². The van der Waals surface area contributed by atoms with Crippen molar-refractivity contribution >= 4 is 10.9 Å². The van der Waals surface area contributed by atoms with Gasteiger partial charge in [-0.3, -0.25) is 9.69 Å². The van der Waals surface area contributed by atoms with E-state index in [4.69, 9.17) is 4.42 Å². The third-order valence-electron chi connectivity index (χ3n) is 7.68. The Hall–Kier alpha value is -3.26. The fourth-order valence-electron chi connectivity index (χ4n) is 5.54. The van der Waals surface area contributed by atoms with Crippen LogP contribution in [0.5, 0.6) is 0 Å². The van der Waals surface area contributed by atoms with E-state index in [0.29, 0.717) is 19.1 Å². The van der Waals surface area contributed by atoms with Gasteiger partial charge in [-0.2, -0.15) is 0 Å². The van der Waals surface area contributed by atoms with Crippen molar-refractivity contribution in [1.29, 1.82) is 0 Å². The van der Waals surface area contributed by atoms with Crippen LogP contribution in [0.25, 0.3) is 10.9 Å². The van der Waals surface area contributed by atoms with Gasteiger partial charge in [-0.15, -0.1) is 5.10 Å². The van der Waals surface area contributed by atoms with Crippen LogP contribution in [0, 0.1) is 13.8 Å². The number of nitrogens with one attached hydrogen (secondary N) is 1. The lowest BCUT2D eigenvalue weighted by Gasteiger charge is -2.32. The number of benzene rings is 1. The molecule has 1 saturated carbocycles. The van der Waals surface area contributed by atoms with E-state index in [9.17, 15) is 4.79 Å². The van der Waals surface area contributed by atoms with E-state index >= 15 is 0 Å². The van der Waals surface area contributed by atoms with Crippen LogP contribution in [-0.2, 0) is 13.1 Å². The quantitative estimate of drug-likeness (QED) is 0.321. The van der Waals surface area contributed by atoms with E-state index in [1.54, 1.807) is 6.26 Å². The highest BCUT2D eigenvalue weighted by Gasteiger charge is 2.30. The fourth-order valence-corrected chi connectivity index (χ4v) is 5.54. The average molecular weight is 489 g/mol. The minimum atomic E-state index is -0.0530. The number of rotatable bonds is 9. The number of pyridine rings is 1. The maximum Gasteiger partial charge on any atom is 0.252 e. The summed E-state index contributed by atoms with van der Waals surface area (Å²) < 4.78 is 7.80. The average Bonchev–Trinajstić information content (AvgIpc) is 3.58. The molecule has 36 heavy (non-hydrogen) atoms. The Kier molecular flexibility index (Phi) is 7.32. The van der Waals surface area contributed by atoms with Crippen molar-refractivity contribution in [2.24, 2.45) is 0 Å². The smallest absolute Gasteiger partial charge is 0.252 e. The van der Waals surface area contributed by atoms with Gasteiger partial charge < -0.3 is 9.40 Å². The van der Waals surface area contributed by atoms with Gasteiger partial charge in [0.2, 0.25) is 0 Å². The van der Waals surface area contributed by atoms with Gasteiger partial charge in [0.1, 0.15) is 5.76 Å².